The van der Waals surface area contributed by atoms with Crippen molar-refractivity contribution in [1.29, 1.82) is 0 Å². The summed E-state index contributed by atoms with van der Waals surface area (Å²) in [7, 11) is 0. The molecule has 0 radical (unpaired) electrons. The van der Waals surface area contributed by atoms with E-state index in [-0.39, 0.29) is 0 Å². The zero-order valence-corrected chi connectivity index (χ0v) is 11.8. The Morgan fingerprint density at radius 3 is 2.90 bits per heavy atom. The molecule has 5 heteroatoms. The molecule has 5 nitrogen and oxygen atoms in total. The fourth-order valence-electron chi connectivity index (χ4n) is 3.10. The molecular formula is C15H21N5. The summed E-state index contributed by atoms with van der Waals surface area (Å²) in [6.07, 6.45) is 6.57. The zero-order valence-electron chi connectivity index (χ0n) is 11.8. The standard InChI is InChI=1S/C15H21N5/c1-9(10-2-3-10)13-8-15(18-12-6-11(16)7-12)20-14(19-13)4-5-17-20/h4-5,8-12,18H,2-3,6-7,16H2,1H3/t9-,11?,12?/m1/s1. The minimum Gasteiger partial charge on any atom is -0.367 e. The molecule has 20 heavy (non-hydrogen) atoms. The first-order valence-corrected chi connectivity index (χ1v) is 7.57. The van der Waals surface area contributed by atoms with E-state index in [1.54, 1.807) is 0 Å². The van der Waals surface area contributed by atoms with Gasteiger partial charge >= 0.3 is 0 Å². The van der Waals surface area contributed by atoms with Gasteiger partial charge in [-0.3, -0.25) is 0 Å². The largest absolute Gasteiger partial charge is 0.367 e. The summed E-state index contributed by atoms with van der Waals surface area (Å²) in [6, 6.07) is 4.98. The number of aromatic nitrogens is 3. The van der Waals surface area contributed by atoms with Crippen molar-refractivity contribution in [3.63, 3.8) is 0 Å². The zero-order chi connectivity index (χ0) is 13.7. The Morgan fingerprint density at radius 2 is 2.20 bits per heavy atom. The van der Waals surface area contributed by atoms with Gasteiger partial charge in [0.05, 0.1) is 6.20 Å². The number of hydrogen-bond acceptors (Lipinski definition) is 4. The van der Waals surface area contributed by atoms with Gasteiger partial charge in [0.1, 0.15) is 5.82 Å². The van der Waals surface area contributed by atoms with E-state index >= 15 is 0 Å². The summed E-state index contributed by atoms with van der Waals surface area (Å²) >= 11 is 0. The van der Waals surface area contributed by atoms with Gasteiger partial charge < -0.3 is 11.1 Å². The van der Waals surface area contributed by atoms with E-state index in [0.717, 1.165) is 30.2 Å². The first-order chi connectivity index (χ1) is 9.70. The van der Waals surface area contributed by atoms with Gasteiger partial charge in [0.15, 0.2) is 5.65 Å². The van der Waals surface area contributed by atoms with Crippen LogP contribution in [-0.2, 0) is 0 Å². The summed E-state index contributed by atoms with van der Waals surface area (Å²) in [4.78, 5) is 4.76. The van der Waals surface area contributed by atoms with Crippen molar-refractivity contribution < 1.29 is 0 Å². The molecule has 2 aromatic rings. The van der Waals surface area contributed by atoms with Crippen LogP contribution in [0.15, 0.2) is 18.3 Å². The third kappa shape index (κ3) is 2.06. The molecule has 0 spiro atoms. The number of anilines is 1. The molecule has 2 aromatic heterocycles. The van der Waals surface area contributed by atoms with Gasteiger partial charge in [-0.1, -0.05) is 6.92 Å². The van der Waals surface area contributed by atoms with Crippen LogP contribution in [0, 0.1) is 5.92 Å². The summed E-state index contributed by atoms with van der Waals surface area (Å²) < 4.78 is 1.90. The maximum absolute atomic E-state index is 5.87. The van der Waals surface area contributed by atoms with Gasteiger partial charge in [-0.15, -0.1) is 0 Å². The van der Waals surface area contributed by atoms with E-state index in [2.05, 4.69) is 23.4 Å². The summed E-state index contributed by atoms with van der Waals surface area (Å²) in [5.41, 5.74) is 7.98. The molecule has 0 amide bonds. The molecule has 0 saturated heterocycles. The Hall–Kier alpha value is -1.62. The predicted octanol–water partition coefficient (Wildman–Crippen LogP) is 2.14. The molecule has 4 rings (SSSR count). The number of nitrogens with two attached hydrogens (primary N) is 1. The third-order valence-electron chi connectivity index (χ3n) is 4.70. The van der Waals surface area contributed by atoms with Crippen molar-refractivity contribution in [1.82, 2.24) is 14.6 Å². The van der Waals surface area contributed by atoms with Crippen molar-refractivity contribution in [3.05, 3.63) is 24.0 Å². The molecule has 3 N–H and O–H groups in total. The molecule has 0 unspecified atom stereocenters. The smallest absolute Gasteiger partial charge is 0.157 e. The molecule has 0 aliphatic heterocycles. The monoisotopic (exact) mass is 271 g/mol. The highest BCUT2D eigenvalue weighted by Gasteiger charge is 2.31. The molecule has 0 bridgehead atoms. The lowest BCUT2D eigenvalue weighted by Gasteiger charge is -2.33. The van der Waals surface area contributed by atoms with E-state index in [1.165, 1.54) is 18.5 Å². The Morgan fingerprint density at radius 1 is 1.40 bits per heavy atom. The molecule has 106 valence electrons. The lowest BCUT2D eigenvalue weighted by molar-refractivity contribution is 0.372. The minimum absolute atomic E-state index is 0.354. The van der Waals surface area contributed by atoms with E-state index in [9.17, 15) is 0 Å². The average Bonchev–Trinajstić information content (AvgIpc) is 3.14. The highest BCUT2D eigenvalue weighted by molar-refractivity contribution is 5.50. The maximum atomic E-state index is 5.87. The molecule has 2 heterocycles. The third-order valence-corrected chi connectivity index (χ3v) is 4.70. The van der Waals surface area contributed by atoms with Crippen molar-refractivity contribution >= 4 is 11.5 Å². The quantitative estimate of drug-likeness (QED) is 0.894. The Kier molecular flexibility index (Phi) is 2.70. The summed E-state index contributed by atoms with van der Waals surface area (Å²) in [5, 5.41) is 7.94. The molecule has 1 atom stereocenters. The Bertz CT molecular complexity index is 624. The number of nitrogens with zero attached hydrogens (tertiary/aromatic N) is 3. The molecule has 2 aliphatic carbocycles. The van der Waals surface area contributed by atoms with Crippen LogP contribution in [0.1, 0.15) is 44.2 Å². The lowest BCUT2D eigenvalue weighted by atomic mass is 9.87. The van der Waals surface area contributed by atoms with E-state index in [1.807, 2.05) is 16.8 Å². The van der Waals surface area contributed by atoms with E-state index in [4.69, 9.17) is 10.7 Å². The van der Waals surface area contributed by atoms with Crippen LogP contribution in [0.5, 0.6) is 0 Å². The van der Waals surface area contributed by atoms with Crippen LogP contribution >= 0.6 is 0 Å². The van der Waals surface area contributed by atoms with Gasteiger partial charge in [0.25, 0.3) is 0 Å². The fourth-order valence-corrected chi connectivity index (χ4v) is 3.10. The normalized spacial score (nSPS) is 27.3. The molecular weight excluding hydrogens is 250 g/mol. The van der Waals surface area contributed by atoms with Crippen molar-refractivity contribution in [3.8, 4) is 0 Å². The van der Waals surface area contributed by atoms with Gasteiger partial charge in [-0.2, -0.15) is 9.61 Å². The van der Waals surface area contributed by atoms with Gasteiger partial charge in [-0.25, -0.2) is 4.98 Å². The molecule has 2 fully saturated rings. The predicted molar refractivity (Wildman–Crippen MR) is 78.7 cm³/mol. The fraction of sp³-hybridized carbons (Fsp3) is 0.600. The topological polar surface area (TPSA) is 68.2 Å². The van der Waals surface area contributed by atoms with Gasteiger partial charge in [0.2, 0.25) is 0 Å². The second kappa shape index (κ2) is 4.45. The number of rotatable bonds is 4. The van der Waals surface area contributed by atoms with E-state index < -0.39 is 0 Å². The van der Waals surface area contributed by atoms with Crippen molar-refractivity contribution in [2.24, 2.45) is 11.7 Å². The maximum Gasteiger partial charge on any atom is 0.157 e. The number of fused-ring (bicyclic) bond motifs is 1. The Balaban J connectivity index is 1.67. The molecule has 0 aromatic carbocycles. The highest BCUT2D eigenvalue weighted by atomic mass is 15.3. The van der Waals surface area contributed by atoms with Crippen LogP contribution < -0.4 is 11.1 Å². The van der Waals surface area contributed by atoms with Crippen molar-refractivity contribution in [2.45, 2.75) is 50.6 Å². The first kappa shape index (κ1) is 12.1. The second-order valence-corrected chi connectivity index (χ2v) is 6.37. The molecule has 2 aliphatic rings. The van der Waals surface area contributed by atoms with Crippen LogP contribution in [0.2, 0.25) is 0 Å². The molecule has 2 saturated carbocycles. The highest BCUT2D eigenvalue weighted by Crippen LogP contribution is 2.42. The van der Waals surface area contributed by atoms with Crippen LogP contribution in [0.4, 0.5) is 5.82 Å². The summed E-state index contributed by atoms with van der Waals surface area (Å²) in [6.45, 7) is 2.29. The van der Waals surface area contributed by atoms with E-state index in [0.29, 0.717) is 18.0 Å². The number of hydrogen-bond donors (Lipinski definition) is 2. The van der Waals surface area contributed by atoms with Gasteiger partial charge in [-0.05, 0) is 31.6 Å². The van der Waals surface area contributed by atoms with Crippen molar-refractivity contribution in [2.75, 3.05) is 5.32 Å². The van der Waals surface area contributed by atoms with Crippen LogP contribution in [0.25, 0.3) is 5.65 Å². The first-order valence-electron chi connectivity index (χ1n) is 7.57. The SMILES string of the molecule is C[C@@H](c1cc(NC2CC(N)C2)n2nccc2n1)C1CC1. The van der Waals surface area contributed by atoms with Gasteiger partial charge in [0, 0.05) is 35.8 Å². The average molecular weight is 271 g/mol. The lowest BCUT2D eigenvalue weighted by Crippen LogP contribution is -2.44. The minimum atomic E-state index is 0.354. The van der Waals surface area contributed by atoms with Crippen LogP contribution in [0.3, 0.4) is 0 Å². The summed E-state index contributed by atoms with van der Waals surface area (Å²) in [5.74, 6) is 2.41. The van der Waals surface area contributed by atoms with Crippen LogP contribution in [-0.4, -0.2) is 26.7 Å². The number of nitrogens with one attached hydrogen (secondary N) is 1. The second-order valence-electron chi connectivity index (χ2n) is 6.37. The Labute approximate surface area is 118 Å².